The molecule has 0 aliphatic heterocycles. The topological polar surface area (TPSA) is 17.0 Å². The second-order valence-electron chi connectivity index (χ2n) is 4.71. The van der Waals surface area contributed by atoms with Crippen molar-refractivity contribution in [3.63, 3.8) is 0 Å². The maximum absolute atomic E-state index is 6.09. The van der Waals surface area contributed by atoms with E-state index in [2.05, 4.69) is 43.0 Å². The molecule has 2 nitrogen and oxygen atoms in total. The Hall–Kier alpha value is -1.12. The molecule has 0 saturated heterocycles. The highest BCUT2D eigenvalue weighted by molar-refractivity contribution is 6.42. The van der Waals surface area contributed by atoms with Crippen molar-refractivity contribution in [2.45, 2.75) is 33.2 Å². The van der Waals surface area contributed by atoms with Crippen LogP contribution < -0.4 is 5.43 Å². The molecule has 2 aromatic rings. The van der Waals surface area contributed by atoms with E-state index in [9.17, 15) is 0 Å². The summed E-state index contributed by atoms with van der Waals surface area (Å²) in [6.07, 6.45) is 0.967. The van der Waals surface area contributed by atoms with E-state index in [4.69, 9.17) is 23.2 Å². The van der Waals surface area contributed by atoms with Crippen molar-refractivity contribution >= 4 is 23.2 Å². The Morgan fingerprint density at radius 2 is 1.68 bits per heavy atom. The molecule has 1 aromatic heterocycles. The summed E-state index contributed by atoms with van der Waals surface area (Å²) in [4.78, 5) is 0. The number of hydrogen-bond donors (Lipinski definition) is 1. The minimum atomic E-state index is 0.208. The summed E-state index contributed by atoms with van der Waals surface area (Å²) in [5.74, 6) is 0. The van der Waals surface area contributed by atoms with Gasteiger partial charge in [-0.05, 0) is 50.1 Å². The molecule has 1 heterocycles. The highest BCUT2D eigenvalue weighted by atomic mass is 35.5. The lowest BCUT2D eigenvalue weighted by Crippen LogP contribution is -2.22. The van der Waals surface area contributed by atoms with E-state index in [1.165, 1.54) is 11.4 Å². The molecular weight excluding hydrogens is 279 g/mol. The van der Waals surface area contributed by atoms with Crippen LogP contribution in [-0.4, -0.2) is 4.68 Å². The van der Waals surface area contributed by atoms with Crippen LogP contribution in [0.4, 0.5) is 0 Å². The van der Waals surface area contributed by atoms with Crippen LogP contribution in [0.3, 0.4) is 0 Å². The highest BCUT2D eigenvalue weighted by Crippen LogP contribution is 2.27. The number of hydrogen-bond acceptors (Lipinski definition) is 1. The fraction of sp³-hybridized carbons (Fsp3) is 0.333. The SMILES string of the molecule is CCC(Nn1c(C)ccc1C)c1ccc(Cl)c(Cl)c1. The van der Waals surface area contributed by atoms with E-state index >= 15 is 0 Å². The molecule has 4 heteroatoms. The summed E-state index contributed by atoms with van der Waals surface area (Å²) in [6.45, 7) is 6.32. The van der Waals surface area contributed by atoms with E-state index in [1.54, 1.807) is 0 Å². The quantitative estimate of drug-likeness (QED) is 0.830. The van der Waals surface area contributed by atoms with Crippen LogP contribution in [0.25, 0.3) is 0 Å². The first-order valence-corrected chi connectivity index (χ1v) is 7.15. The Morgan fingerprint density at radius 1 is 1.05 bits per heavy atom. The third kappa shape index (κ3) is 3.07. The van der Waals surface area contributed by atoms with E-state index < -0.39 is 0 Å². The zero-order valence-electron chi connectivity index (χ0n) is 11.4. The summed E-state index contributed by atoms with van der Waals surface area (Å²) >= 11 is 12.1. The summed E-state index contributed by atoms with van der Waals surface area (Å²) in [5.41, 5.74) is 7.05. The second kappa shape index (κ2) is 5.89. The summed E-state index contributed by atoms with van der Waals surface area (Å²) in [7, 11) is 0. The van der Waals surface area contributed by atoms with E-state index in [-0.39, 0.29) is 6.04 Å². The van der Waals surface area contributed by atoms with E-state index in [0.29, 0.717) is 10.0 Å². The zero-order valence-corrected chi connectivity index (χ0v) is 12.9. The van der Waals surface area contributed by atoms with Gasteiger partial charge in [0, 0.05) is 11.4 Å². The van der Waals surface area contributed by atoms with Crippen molar-refractivity contribution in [2.24, 2.45) is 0 Å². The number of rotatable bonds is 4. The van der Waals surface area contributed by atoms with Gasteiger partial charge in [0.25, 0.3) is 0 Å². The summed E-state index contributed by atoms with van der Waals surface area (Å²) in [5, 5.41) is 1.19. The second-order valence-corrected chi connectivity index (χ2v) is 5.53. The fourth-order valence-corrected chi connectivity index (χ4v) is 2.47. The largest absolute Gasteiger partial charge is 0.318 e. The number of halogens is 2. The fourth-order valence-electron chi connectivity index (χ4n) is 2.16. The monoisotopic (exact) mass is 296 g/mol. The first kappa shape index (κ1) is 14.3. The van der Waals surface area contributed by atoms with Crippen molar-refractivity contribution in [3.05, 3.63) is 57.3 Å². The molecule has 19 heavy (non-hydrogen) atoms. The molecule has 1 unspecified atom stereocenters. The third-order valence-corrected chi connectivity index (χ3v) is 4.05. The molecule has 0 amide bonds. The molecule has 0 radical (unpaired) electrons. The molecule has 1 atom stereocenters. The molecule has 0 saturated carbocycles. The smallest absolute Gasteiger partial charge is 0.0671 e. The van der Waals surface area contributed by atoms with Crippen molar-refractivity contribution in [1.82, 2.24) is 4.68 Å². The maximum atomic E-state index is 6.09. The molecule has 102 valence electrons. The highest BCUT2D eigenvalue weighted by Gasteiger charge is 2.12. The average molecular weight is 297 g/mol. The van der Waals surface area contributed by atoms with E-state index in [1.807, 2.05) is 18.2 Å². The molecule has 0 aliphatic carbocycles. The lowest BCUT2D eigenvalue weighted by atomic mass is 10.1. The molecule has 1 aromatic carbocycles. The van der Waals surface area contributed by atoms with Crippen LogP contribution in [0, 0.1) is 13.8 Å². The van der Waals surface area contributed by atoms with Crippen molar-refractivity contribution in [3.8, 4) is 0 Å². The van der Waals surface area contributed by atoms with Gasteiger partial charge in [0.05, 0.1) is 16.1 Å². The summed E-state index contributed by atoms with van der Waals surface area (Å²) in [6, 6.07) is 10.2. The average Bonchev–Trinajstić information content (AvgIpc) is 2.70. The van der Waals surface area contributed by atoms with Gasteiger partial charge in [-0.15, -0.1) is 0 Å². The van der Waals surface area contributed by atoms with Gasteiger partial charge in [-0.3, -0.25) is 4.68 Å². The van der Waals surface area contributed by atoms with Crippen molar-refractivity contribution < 1.29 is 0 Å². The van der Waals surface area contributed by atoms with Gasteiger partial charge in [0.2, 0.25) is 0 Å². The Kier molecular flexibility index (Phi) is 4.43. The first-order valence-electron chi connectivity index (χ1n) is 6.39. The molecule has 0 fully saturated rings. The van der Waals surface area contributed by atoms with Crippen LogP contribution in [0.15, 0.2) is 30.3 Å². The Bertz CT molecular complexity index is 556. The van der Waals surface area contributed by atoms with Crippen LogP contribution in [0.1, 0.15) is 36.3 Å². The Balaban J connectivity index is 2.27. The number of nitrogens with zero attached hydrogens (tertiary/aromatic N) is 1. The van der Waals surface area contributed by atoms with Gasteiger partial charge in [0.15, 0.2) is 0 Å². The predicted molar refractivity (Wildman–Crippen MR) is 82.8 cm³/mol. The van der Waals surface area contributed by atoms with Crippen molar-refractivity contribution in [2.75, 3.05) is 5.43 Å². The van der Waals surface area contributed by atoms with Gasteiger partial charge in [0.1, 0.15) is 0 Å². The van der Waals surface area contributed by atoms with Gasteiger partial charge < -0.3 is 5.43 Å². The molecular formula is C15H18Cl2N2. The normalized spacial score (nSPS) is 12.5. The third-order valence-electron chi connectivity index (χ3n) is 3.31. The van der Waals surface area contributed by atoms with Gasteiger partial charge in [-0.25, -0.2) is 0 Å². The van der Waals surface area contributed by atoms with Gasteiger partial charge in [-0.2, -0.15) is 0 Å². The summed E-state index contributed by atoms with van der Waals surface area (Å²) < 4.78 is 2.11. The molecule has 1 N–H and O–H groups in total. The van der Waals surface area contributed by atoms with E-state index in [0.717, 1.165) is 12.0 Å². The number of benzene rings is 1. The predicted octanol–water partition coefficient (Wildman–Crippen LogP) is 5.11. The lowest BCUT2D eigenvalue weighted by molar-refractivity contribution is 0.636. The van der Waals surface area contributed by atoms with Crippen molar-refractivity contribution in [1.29, 1.82) is 0 Å². The van der Waals surface area contributed by atoms with Gasteiger partial charge >= 0.3 is 0 Å². The van der Waals surface area contributed by atoms with Gasteiger partial charge in [-0.1, -0.05) is 36.2 Å². The first-order chi connectivity index (χ1) is 9.02. The molecule has 2 rings (SSSR count). The maximum Gasteiger partial charge on any atom is 0.0671 e. The standard InChI is InChI=1S/C15H18Cl2N2/c1-4-15(12-7-8-13(16)14(17)9-12)18-19-10(2)5-6-11(19)3/h5-9,15,18H,4H2,1-3H3. The Morgan fingerprint density at radius 3 is 2.21 bits per heavy atom. The number of nitrogens with one attached hydrogen (secondary N) is 1. The molecule has 0 aliphatic rings. The molecule has 0 bridgehead atoms. The van der Waals surface area contributed by atoms with Crippen LogP contribution >= 0.6 is 23.2 Å². The minimum Gasteiger partial charge on any atom is -0.318 e. The van der Waals surface area contributed by atoms with Crippen LogP contribution in [0.2, 0.25) is 10.0 Å². The van der Waals surface area contributed by atoms with Crippen LogP contribution in [0.5, 0.6) is 0 Å². The molecule has 0 spiro atoms. The lowest BCUT2D eigenvalue weighted by Gasteiger charge is -2.22. The minimum absolute atomic E-state index is 0.208. The van der Waals surface area contributed by atoms with Crippen LogP contribution in [-0.2, 0) is 0 Å². The Labute approximate surface area is 124 Å². The number of aromatic nitrogens is 1. The zero-order chi connectivity index (χ0) is 14.0. The number of aryl methyl sites for hydroxylation is 2.